The molecule has 184 valence electrons. The van der Waals surface area contributed by atoms with Gasteiger partial charge in [-0.05, 0) is 35.2 Å². The third-order valence-electron chi connectivity index (χ3n) is 6.97. The monoisotopic (exact) mass is 484 g/mol. The van der Waals surface area contributed by atoms with Gasteiger partial charge in [0.15, 0.2) is 11.5 Å². The first-order valence-corrected chi connectivity index (χ1v) is 12.0. The van der Waals surface area contributed by atoms with Gasteiger partial charge >= 0.3 is 0 Å². The molecule has 1 saturated heterocycles. The third-order valence-corrected chi connectivity index (χ3v) is 6.97. The fourth-order valence-corrected chi connectivity index (χ4v) is 4.86. The summed E-state index contributed by atoms with van der Waals surface area (Å²) in [5.74, 6) is 0.431. The zero-order chi connectivity index (χ0) is 25.1. The minimum absolute atomic E-state index is 0.0430. The maximum Gasteiger partial charge on any atom is 0.241 e. The van der Waals surface area contributed by atoms with E-state index in [9.17, 15) is 14.4 Å². The zero-order valence-electron chi connectivity index (χ0n) is 20.2. The van der Waals surface area contributed by atoms with Crippen molar-refractivity contribution in [2.75, 3.05) is 20.4 Å². The number of fused-ring (bicyclic) bond motifs is 1. The molecule has 36 heavy (non-hydrogen) atoms. The van der Waals surface area contributed by atoms with Crippen LogP contribution in [0.5, 0.6) is 11.5 Å². The molecule has 1 unspecified atom stereocenters. The molecule has 0 saturated carbocycles. The summed E-state index contributed by atoms with van der Waals surface area (Å²) in [6.07, 6.45) is 0.605. The SMILES string of the molecule is CN(CCc1ccccc1)C(=O)CC1(c2ccccc2)CC(=O)N(Cc2ccc3c(c2)OCO3)C1=O. The molecule has 0 N–H and O–H groups in total. The first-order chi connectivity index (χ1) is 17.5. The van der Waals surface area contributed by atoms with Crippen LogP contribution in [0.2, 0.25) is 0 Å². The van der Waals surface area contributed by atoms with Gasteiger partial charge in [0, 0.05) is 26.4 Å². The lowest BCUT2D eigenvalue weighted by atomic mass is 9.75. The molecule has 1 fully saturated rings. The smallest absolute Gasteiger partial charge is 0.241 e. The number of carbonyl (C=O) groups excluding carboxylic acids is 3. The maximum atomic E-state index is 13.9. The Morgan fingerprint density at radius 1 is 0.917 bits per heavy atom. The number of imide groups is 1. The normalized spacial score (nSPS) is 18.5. The van der Waals surface area contributed by atoms with Gasteiger partial charge in [-0.25, -0.2) is 0 Å². The van der Waals surface area contributed by atoms with Crippen LogP contribution >= 0.6 is 0 Å². The largest absolute Gasteiger partial charge is 0.454 e. The van der Waals surface area contributed by atoms with Crippen molar-refractivity contribution in [3.05, 3.63) is 95.6 Å². The first kappa shape index (κ1) is 23.6. The number of benzene rings is 3. The number of hydrogen-bond donors (Lipinski definition) is 0. The van der Waals surface area contributed by atoms with E-state index < -0.39 is 5.41 Å². The number of likely N-dealkylation sites (tertiary alicyclic amines) is 1. The number of hydrogen-bond acceptors (Lipinski definition) is 5. The highest BCUT2D eigenvalue weighted by molar-refractivity contribution is 6.10. The second-order valence-electron chi connectivity index (χ2n) is 9.33. The van der Waals surface area contributed by atoms with E-state index in [4.69, 9.17) is 9.47 Å². The fraction of sp³-hybridized carbons (Fsp3) is 0.276. The molecule has 0 radical (unpaired) electrons. The summed E-state index contributed by atoms with van der Waals surface area (Å²) in [6.45, 7) is 0.787. The fourth-order valence-electron chi connectivity index (χ4n) is 4.86. The summed E-state index contributed by atoms with van der Waals surface area (Å²) in [6, 6.07) is 24.5. The van der Waals surface area contributed by atoms with E-state index in [1.807, 2.05) is 66.7 Å². The number of nitrogens with zero attached hydrogens (tertiary/aromatic N) is 2. The molecular formula is C29H28N2O5. The molecule has 2 heterocycles. The van der Waals surface area contributed by atoms with Crippen LogP contribution in [0.4, 0.5) is 0 Å². The molecule has 7 nitrogen and oxygen atoms in total. The maximum absolute atomic E-state index is 13.9. The van der Waals surface area contributed by atoms with Gasteiger partial charge in [-0.2, -0.15) is 0 Å². The molecule has 0 aliphatic carbocycles. The molecule has 3 aromatic rings. The Hall–Kier alpha value is -4.13. The number of rotatable bonds is 8. The molecule has 0 spiro atoms. The number of ether oxygens (including phenoxy) is 2. The first-order valence-electron chi connectivity index (χ1n) is 12.0. The van der Waals surface area contributed by atoms with E-state index >= 15 is 0 Å². The van der Waals surface area contributed by atoms with E-state index in [1.54, 1.807) is 24.1 Å². The average molecular weight is 485 g/mol. The van der Waals surface area contributed by atoms with Crippen LogP contribution in [0.25, 0.3) is 0 Å². The van der Waals surface area contributed by atoms with E-state index in [0.29, 0.717) is 30.0 Å². The standard InChI is InChI=1S/C29H28N2O5/c1-30(15-14-21-8-4-2-5-9-21)26(32)17-29(23-10-6-3-7-11-23)18-27(33)31(28(29)34)19-22-12-13-24-25(16-22)36-20-35-24/h2-13,16H,14-15,17-20H2,1H3. The molecule has 2 aliphatic rings. The highest BCUT2D eigenvalue weighted by atomic mass is 16.7. The highest BCUT2D eigenvalue weighted by Crippen LogP contribution is 2.41. The molecule has 3 amide bonds. The topological polar surface area (TPSA) is 76.2 Å². The molecule has 7 heteroatoms. The van der Waals surface area contributed by atoms with Gasteiger partial charge in [-0.15, -0.1) is 0 Å². The van der Waals surface area contributed by atoms with Gasteiger partial charge in [-0.3, -0.25) is 19.3 Å². The van der Waals surface area contributed by atoms with Gasteiger partial charge in [0.25, 0.3) is 0 Å². The molecule has 5 rings (SSSR count). The lowest BCUT2D eigenvalue weighted by Crippen LogP contribution is -2.42. The summed E-state index contributed by atoms with van der Waals surface area (Å²) in [4.78, 5) is 43.4. The molecule has 3 aromatic carbocycles. The average Bonchev–Trinajstić information content (AvgIpc) is 3.47. The van der Waals surface area contributed by atoms with Crippen LogP contribution in [0.1, 0.15) is 29.5 Å². The predicted molar refractivity (Wildman–Crippen MR) is 133 cm³/mol. The van der Waals surface area contributed by atoms with Crippen LogP contribution in [0.3, 0.4) is 0 Å². The van der Waals surface area contributed by atoms with Gasteiger partial charge in [-0.1, -0.05) is 66.7 Å². The highest BCUT2D eigenvalue weighted by Gasteiger charge is 2.53. The van der Waals surface area contributed by atoms with Crippen molar-refractivity contribution in [1.29, 1.82) is 0 Å². The number of amides is 3. The van der Waals surface area contributed by atoms with Gasteiger partial charge in [0.1, 0.15) is 0 Å². The minimum Gasteiger partial charge on any atom is -0.454 e. The van der Waals surface area contributed by atoms with Crippen molar-refractivity contribution in [2.24, 2.45) is 0 Å². The van der Waals surface area contributed by atoms with E-state index in [2.05, 4.69) is 0 Å². The third kappa shape index (κ3) is 4.56. The van der Waals surface area contributed by atoms with Crippen molar-refractivity contribution in [3.63, 3.8) is 0 Å². The Morgan fingerprint density at radius 3 is 2.36 bits per heavy atom. The second-order valence-corrected chi connectivity index (χ2v) is 9.33. The van der Waals surface area contributed by atoms with Gasteiger partial charge in [0.05, 0.1) is 12.0 Å². The van der Waals surface area contributed by atoms with Crippen molar-refractivity contribution >= 4 is 17.7 Å². The summed E-state index contributed by atoms with van der Waals surface area (Å²) in [5, 5.41) is 0. The summed E-state index contributed by atoms with van der Waals surface area (Å²) in [7, 11) is 1.75. The number of carbonyl (C=O) groups is 3. The lowest BCUT2D eigenvalue weighted by Gasteiger charge is -2.29. The van der Waals surface area contributed by atoms with Crippen LogP contribution in [-0.4, -0.2) is 47.9 Å². The minimum atomic E-state index is -1.23. The second kappa shape index (κ2) is 9.85. The zero-order valence-corrected chi connectivity index (χ0v) is 20.2. The Balaban J connectivity index is 1.37. The van der Waals surface area contributed by atoms with Crippen LogP contribution in [0, 0.1) is 0 Å². The van der Waals surface area contributed by atoms with Crippen molar-refractivity contribution in [2.45, 2.75) is 31.2 Å². The van der Waals surface area contributed by atoms with Gasteiger partial charge < -0.3 is 14.4 Å². The predicted octanol–water partition coefficient (Wildman–Crippen LogP) is 3.70. The quantitative estimate of drug-likeness (QED) is 0.456. The van der Waals surface area contributed by atoms with Crippen molar-refractivity contribution in [3.8, 4) is 11.5 Å². The Morgan fingerprint density at radius 2 is 1.61 bits per heavy atom. The van der Waals surface area contributed by atoms with Crippen molar-refractivity contribution in [1.82, 2.24) is 9.80 Å². The van der Waals surface area contributed by atoms with Crippen LogP contribution in [-0.2, 0) is 32.8 Å². The number of likely N-dealkylation sites (N-methyl/N-ethyl adjacent to an activating group) is 1. The Labute approximate surface area is 210 Å². The molecule has 0 aromatic heterocycles. The lowest BCUT2D eigenvalue weighted by molar-refractivity contribution is -0.143. The molecule has 2 aliphatic heterocycles. The molecule has 0 bridgehead atoms. The Bertz CT molecular complexity index is 1280. The van der Waals surface area contributed by atoms with E-state index in [0.717, 1.165) is 11.1 Å². The van der Waals surface area contributed by atoms with Crippen LogP contribution in [0.15, 0.2) is 78.9 Å². The molecule has 1 atom stereocenters. The van der Waals surface area contributed by atoms with E-state index in [-0.39, 0.29) is 43.9 Å². The van der Waals surface area contributed by atoms with Crippen molar-refractivity contribution < 1.29 is 23.9 Å². The molecular weight excluding hydrogens is 456 g/mol. The summed E-state index contributed by atoms with van der Waals surface area (Å²) in [5.41, 5.74) is 1.35. The summed E-state index contributed by atoms with van der Waals surface area (Å²) < 4.78 is 10.8. The van der Waals surface area contributed by atoms with Gasteiger partial charge in [0.2, 0.25) is 24.5 Å². The van der Waals surface area contributed by atoms with E-state index in [1.165, 1.54) is 4.90 Å². The Kier molecular flexibility index (Phi) is 6.46. The van der Waals surface area contributed by atoms with Crippen LogP contribution < -0.4 is 9.47 Å². The summed E-state index contributed by atoms with van der Waals surface area (Å²) >= 11 is 0.